The molecular formula is C23H26O5. The summed E-state index contributed by atoms with van der Waals surface area (Å²) in [4.78, 5) is 37.1. The number of esters is 2. The molecule has 0 saturated carbocycles. The summed E-state index contributed by atoms with van der Waals surface area (Å²) in [5.41, 5.74) is -0.955. The van der Waals surface area contributed by atoms with Crippen molar-refractivity contribution in [2.75, 3.05) is 13.2 Å². The highest BCUT2D eigenvalue weighted by Gasteiger charge is 2.47. The van der Waals surface area contributed by atoms with Gasteiger partial charge in [0.1, 0.15) is 0 Å². The van der Waals surface area contributed by atoms with Crippen LogP contribution < -0.4 is 0 Å². The van der Waals surface area contributed by atoms with Gasteiger partial charge in [-0.15, -0.1) is 6.58 Å². The van der Waals surface area contributed by atoms with Crippen LogP contribution in [-0.2, 0) is 19.1 Å². The van der Waals surface area contributed by atoms with E-state index < -0.39 is 17.4 Å². The third-order valence-corrected chi connectivity index (χ3v) is 3.98. The van der Waals surface area contributed by atoms with Crippen LogP contribution in [0.5, 0.6) is 0 Å². The Morgan fingerprint density at radius 3 is 2.21 bits per heavy atom. The average molecular weight is 382 g/mol. The minimum absolute atomic E-state index is 0.0671. The van der Waals surface area contributed by atoms with Crippen LogP contribution in [-0.4, -0.2) is 30.9 Å². The van der Waals surface area contributed by atoms with Gasteiger partial charge in [-0.25, -0.2) is 0 Å². The van der Waals surface area contributed by atoms with Gasteiger partial charge < -0.3 is 9.47 Å². The molecule has 1 aromatic carbocycles. The first-order chi connectivity index (χ1) is 13.5. The molecule has 0 aliphatic carbocycles. The Balaban J connectivity index is 2.99. The first-order valence-corrected chi connectivity index (χ1v) is 9.21. The van der Waals surface area contributed by atoms with Crippen molar-refractivity contribution in [3.63, 3.8) is 0 Å². The summed E-state index contributed by atoms with van der Waals surface area (Å²) >= 11 is 0. The highest BCUT2D eigenvalue weighted by Crippen LogP contribution is 2.32. The molecule has 0 atom stereocenters. The topological polar surface area (TPSA) is 69.7 Å². The second kappa shape index (κ2) is 12.3. The van der Waals surface area contributed by atoms with Crippen molar-refractivity contribution in [1.82, 2.24) is 0 Å². The lowest BCUT2D eigenvalue weighted by Crippen LogP contribution is -2.42. The molecular weight excluding hydrogens is 356 g/mol. The minimum Gasteiger partial charge on any atom is -0.465 e. The summed E-state index contributed by atoms with van der Waals surface area (Å²) in [7, 11) is 0. The second-order valence-corrected chi connectivity index (χ2v) is 5.91. The fourth-order valence-corrected chi connectivity index (χ4v) is 2.48. The van der Waals surface area contributed by atoms with Gasteiger partial charge in [-0.1, -0.05) is 48.2 Å². The molecule has 0 radical (unpaired) electrons. The Morgan fingerprint density at radius 2 is 1.68 bits per heavy atom. The van der Waals surface area contributed by atoms with Crippen molar-refractivity contribution in [3.05, 3.63) is 60.7 Å². The zero-order chi connectivity index (χ0) is 20.8. The first-order valence-electron chi connectivity index (χ1n) is 9.21. The van der Waals surface area contributed by atoms with Gasteiger partial charge in [0.05, 0.1) is 13.2 Å². The summed E-state index contributed by atoms with van der Waals surface area (Å²) in [6.45, 7) is 7.28. The van der Waals surface area contributed by atoms with Gasteiger partial charge in [0.15, 0.2) is 11.2 Å². The minimum atomic E-state index is -1.51. The molecule has 0 bridgehead atoms. The Morgan fingerprint density at radius 1 is 1.07 bits per heavy atom. The molecule has 28 heavy (non-hydrogen) atoms. The number of benzene rings is 1. The molecule has 0 aliphatic heterocycles. The molecule has 148 valence electrons. The predicted octanol–water partition coefficient (Wildman–Crippen LogP) is 3.90. The molecule has 0 heterocycles. The van der Waals surface area contributed by atoms with E-state index in [1.165, 1.54) is 12.2 Å². The van der Waals surface area contributed by atoms with E-state index in [0.29, 0.717) is 12.0 Å². The summed E-state index contributed by atoms with van der Waals surface area (Å²) in [5.74, 6) is 4.02. The number of allylic oxidation sites excluding steroid dienone is 3. The molecule has 0 spiro atoms. The van der Waals surface area contributed by atoms with Crippen LogP contribution in [0, 0.1) is 17.3 Å². The number of hydrogen-bond acceptors (Lipinski definition) is 5. The smallest absolute Gasteiger partial charge is 0.324 e. The van der Waals surface area contributed by atoms with E-state index in [1.807, 2.05) is 6.07 Å². The maximum Gasteiger partial charge on any atom is 0.324 e. The second-order valence-electron chi connectivity index (χ2n) is 5.91. The molecule has 0 aromatic heterocycles. The predicted molar refractivity (Wildman–Crippen MR) is 107 cm³/mol. The van der Waals surface area contributed by atoms with Crippen LogP contribution in [0.1, 0.15) is 43.5 Å². The summed E-state index contributed by atoms with van der Waals surface area (Å²) in [6.07, 6.45) is 4.94. The number of ketones is 1. The largest absolute Gasteiger partial charge is 0.465 e. The highest BCUT2D eigenvalue weighted by molar-refractivity contribution is 6.04. The Bertz CT molecular complexity index is 747. The van der Waals surface area contributed by atoms with Gasteiger partial charge in [-0.2, -0.15) is 0 Å². The maximum atomic E-state index is 12.5. The molecule has 5 nitrogen and oxygen atoms in total. The monoisotopic (exact) mass is 382 g/mol. The molecule has 1 aromatic rings. The van der Waals surface area contributed by atoms with Crippen molar-refractivity contribution < 1.29 is 23.9 Å². The summed E-state index contributed by atoms with van der Waals surface area (Å²) in [6, 6.07) is 8.80. The SMILES string of the molecule is C=CCCC(CC#C/C=C/C(=O)c1ccccc1)(C(=O)OCC)C(=O)OCC. The van der Waals surface area contributed by atoms with Gasteiger partial charge >= 0.3 is 11.9 Å². The third kappa shape index (κ3) is 6.55. The van der Waals surface area contributed by atoms with Gasteiger partial charge in [-0.3, -0.25) is 14.4 Å². The first kappa shape index (κ1) is 22.9. The molecule has 0 saturated heterocycles. The molecule has 0 aliphatic rings. The molecule has 1 rings (SSSR count). The van der Waals surface area contributed by atoms with Crippen LogP contribution in [0.3, 0.4) is 0 Å². The number of carbonyl (C=O) groups is 3. The molecule has 0 amide bonds. The zero-order valence-corrected chi connectivity index (χ0v) is 16.4. The Kier molecular flexibility index (Phi) is 10.1. The lowest BCUT2D eigenvalue weighted by Gasteiger charge is -2.26. The fourth-order valence-electron chi connectivity index (χ4n) is 2.48. The van der Waals surface area contributed by atoms with Gasteiger partial charge in [0.2, 0.25) is 0 Å². The summed E-state index contributed by atoms with van der Waals surface area (Å²) in [5, 5.41) is 0. The fraction of sp³-hybridized carbons (Fsp3) is 0.348. The number of hydrogen-bond donors (Lipinski definition) is 0. The Labute approximate surface area is 166 Å². The number of rotatable bonds is 10. The van der Waals surface area contributed by atoms with Crippen molar-refractivity contribution >= 4 is 17.7 Å². The van der Waals surface area contributed by atoms with Gasteiger partial charge in [-0.05, 0) is 38.8 Å². The van der Waals surface area contributed by atoms with Crippen LogP contribution in [0.25, 0.3) is 0 Å². The zero-order valence-electron chi connectivity index (χ0n) is 16.4. The van der Waals surface area contributed by atoms with Crippen LogP contribution in [0.4, 0.5) is 0 Å². The van der Waals surface area contributed by atoms with E-state index in [9.17, 15) is 14.4 Å². The standard InChI is InChI=1S/C23H26O5/c1-4-7-17-23(21(25)27-5-2,22(26)28-6-3)18-13-9-12-16-20(24)19-14-10-8-11-15-19/h4,8,10-12,14-16H,1,5-7,17-18H2,2-3H3/b16-12+. The van der Waals surface area contributed by atoms with E-state index >= 15 is 0 Å². The van der Waals surface area contributed by atoms with Crippen molar-refractivity contribution in [3.8, 4) is 11.8 Å². The van der Waals surface area contributed by atoms with Gasteiger partial charge in [0.25, 0.3) is 0 Å². The third-order valence-electron chi connectivity index (χ3n) is 3.98. The van der Waals surface area contributed by atoms with Gasteiger partial charge in [0, 0.05) is 12.0 Å². The lowest BCUT2D eigenvalue weighted by molar-refractivity contribution is -0.172. The van der Waals surface area contributed by atoms with Crippen LogP contribution in [0.2, 0.25) is 0 Å². The summed E-state index contributed by atoms with van der Waals surface area (Å²) < 4.78 is 10.2. The molecule has 0 unspecified atom stereocenters. The average Bonchev–Trinajstić information content (AvgIpc) is 2.71. The van der Waals surface area contributed by atoms with Crippen molar-refractivity contribution in [1.29, 1.82) is 0 Å². The molecule has 0 fully saturated rings. The highest BCUT2D eigenvalue weighted by atomic mass is 16.6. The number of ether oxygens (including phenoxy) is 2. The van der Waals surface area contributed by atoms with Crippen LogP contribution in [0.15, 0.2) is 55.1 Å². The quantitative estimate of drug-likeness (QED) is 0.153. The maximum absolute atomic E-state index is 12.5. The van der Waals surface area contributed by atoms with E-state index in [-0.39, 0.29) is 31.8 Å². The van der Waals surface area contributed by atoms with Crippen LogP contribution >= 0.6 is 0 Å². The van der Waals surface area contributed by atoms with Crippen molar-refractivity contribution in [2.24, 2.45) is 5.41 Å². The normalized spacial score (nSPS) is 10.6. The van der Waals surface area contributed by atoms with E-state index in [4.69, 9.17) is 9.47 Å². The molecule has 5 heteroatoms. The van der Waals surface area contributed by atoms with Crippen molar-refractivity contribution in [2.45, 2.75) is 33.1 Å². The van der Waals surface area contributed by atoms with E-state index in [2.05, 4.69) is 18.4 Å². The Hall–Kier alpha value is -3.13. The lowest BCUT2D eigenvalue weighted by atomic mass is 9.80. The number of carbonyl (C=O) groups excluding carboxylic acids is 3. The van der Waals surface area contributed by atoms with E-state index in [0.717, 1.165) is 0 Å². The molecule has 0 N–H and O–H groups in total. The van der Waals surface area contributed by atoms with E-state index in [1.54, 1.807) is 44.2 Å².